The summed E-state index contributed by atoms with van der Waals surface area (Å²) >= 11 is 0. The monoisotopic (exact) mass is 506 g/mol. The number of pyridine rings is 2. The van der Waals surface area contributed by atoms with Gasteiger partial charge in [0.1, 0.15) is 22.7 Å². The molecule has 0 atom stereocenters. The van der Waals surface area contributed by atoms with Crippen LogP contribution in [0.5, 0.6) is 0 Å². The fraction of sp³-hybridized carbons (Fsp3) is 0.296. The maximum atomic E-state index is 13.5. The highest BCUT2D eigenvalue weighted by molar-refractivity contribution is 5.97. The molecule has 0 aliphatic carbocycles. The van der Waals surface area contributed by atoms with Crippen LogP contribution < -0.4 is 11.0 Å². The summed E-state index contributed by atoms with van der Waals surface area (Å²) in [7, 11) is 0. The summed E-state index contributed by atoms with van der Waals surface area (Å²) in [5, 5.41) is 0.177. The first-order chi connectivity index (χ1) is 17.8. The Kier molecular flexibility index (Phi) is 7.88. The molecule has 0 aliphatic heterocycles. The van der Waals surface area contributed by atoms with Crippen molar-refractivity contribution in [2.45, 2.75) is 33.7 Å². The number of aryl methyl sites for hydroxylation is 2. The van der Waals surface area contributed by atoms with Crippen molar-refractivity contribution in [3.63, 3.8) is 0 Å². The Morgan fingerprint density at radius 2 is 1.84 bits per heavy atom. The van der Waals surface area contributed by atoms with Gasteiger partial charge >= 0.3 is 5.97 Å². The number of halogens is 1. The summed E-state index contributed by atoms with van der Waals surface area (Å²) in [6.07, 6.45) is 2.11. The molecule has 0 unspecified atom stereocenters. The lowest BCUT2D eigenvalue weighted by atomic mass is 10.2. The first-order valence-corrected chi connectivity index (χ1v) is 12.0. The number of nitrogens with zero attached hydrogens (tertiary/aromatic N) is 4. The van der Waals surface area contributed by atoms with Crippen LogP contribution in [0.25, 0.3) is 16.7 Å². The Bertz CT molecular complexity index is 1610. The van der Waals surface area contributed by atoms with Gasteiger partial charge in [-0.2, -0.15) is 4.99 Å². The van der Waals surface area contributed by atoms with Gasteiger partial charge in [0.15, 0.2) is 5.49 Å². The van der Waals surface area contributed by atoms with Crippen LogP contribution in [-0.4, -0.2) is 45.6 Å². The number of benzene rings is 1. The molecule has 4 rings (SSSR count). The molecular weight excluding hydrogens is 479 g/mol. The first kappa shape index (κ1) is 25.9. The van der Waals surface area contributed by atoms with Crippen LogP contribution in [0.4, 0.5) is 4.39 Å². The fourth-order valence-electron chi connectivity index (χ4n) is 4.00. The molecule has 0 fully saturated rings. The van der Waals surface area contributed by atoms with Crippen molar-refractivity contribution in [3.8, 4) is 0 Å². The zero-order chi connectivity index (χ0) is 26.5. The second-order valence-corrected chi connectivity index (χ2v) is 8.27. The van der Waals surface area contributed by atoms with Gasteiger partial charge in [0.25, 0.3) is 11.5 Å². The number of carbonyl (C=O) groups is 2. The molecule has 0 bridgehead atoms. The number of hydrogen-bond acceptors (Lipinski definition) is 6. The number of hydrogen-bond donors (Lipinski definition) is 0. The number of ether oxygens (including phenoxy) is 2. The molecule has 9 nitrogen and oxygen atoms in total. The lowest BCUT2D eigenvalue weighted by Gasteiger charge is -2.15. The van der Waals surface area contributed by atoms with Crippen molar-refractivity contribution in [1.29, 1.82) is 0 Å². The molecule has 0 spiro atoms. The van der Waals surface area contributed by atoms with Gasteiger partial charge in [0, 0.05) is 31.5 Å². The van der Waals surface area contributed by atoms with Crippen molar-refractivity contribution in [2.24, 2.45) is 4.99 Å². The molecule has 0 saturated carbocycles. The summed E-state index contributed by atoms with van der Waals surface area (Å²) in [6, 6.07) is 9.88. The first-order valence-electron chi connectivity index (χ1n) is 12.0. The molecule has 3 heterocycles. The van der Waals surface area contributed by atoms with Gasteiger partial charge in [-0.15, -0.1) is 0 Å². The van der Waals surface area contributed by atoms with Crippen LogP contribution in [-0.2, 0) is 16.0 Å². The number of rotatable bonds is 8. The fourth-order valence-corrected chi connectivity index (χ4v) is 4.00. The molecule has 0 aliphatic rings. The molecule has 0 N–H and O–H groups in total. The van der Waals surface area contributed by atoms with Crippen molar-refractivity contribution in [3.05, 3.63) is 87.0 Å². The number of fused-ring (bicyclic) bond motifs is 2. The Hall–Kier alpha value is -4.18. The predicted octanol–water partition coefficient (Wildman–Crippen LogP) is 3.44. The second kappa shape index (κ2) is 11.3. The Balaban J connectivity index is 2.07. The van der Waals surface area contributed by atoms with E-state index in [2.05, 4.69) is 4.99 Å². The number of aromatic nitrogens is 3. The topological polar surface area (TPSA) is 104 Å². The average Bonchev–Trinajstić information content (AvgIpc) is 2.88. The molecule has 3 aromatic heterocycles. The minimum absolute atomic E-state index is 0.00149. The normalized spacial score (nSPS) is 11.8. The minimum Gasteiger partial charge on any atom is -0.462 e. The van der Waals surface area contributed by atoms with E-state index >= 15 is 0 Å². The lowest BCUT2D eigenvalue weighted by molar-refractivity contribution is 0.0523. The third-order valence-corrected chi connectivity index (χ3v) is 5.77. The minimum atomic E-state index is -0.734. The van der Waals surface area contributed by atoms with Crippen LogP contribution in [0.2, 0.25) is 0 Å². The Labute approximate surface area is 211 Å². The summed E-state index contributed by atoms with van der Waals surface area (Å²) < 4.78 is 27.1. The molecule has 0 radical (unpaired) electrons. The van der Waals surface area contributed by atoms with Gasteiger partial charge in [-0.25, -0.2) is 14.2 Å². The molecule has 192 valence electrons. The van der Waals surface area contributed by atoms with E-state index in [0.29, 0.717) is 25.3 Å². The van der Waals surface area contributed by atoms with E-state index in [1.165, 1.54) is 22.6 Å². The number of carbonyl (C=O) groups excluding carboxylic acids is 2. The average molecular weight is 507 g/mol. The van der Waals surface area contributed by atoms with Crippen LogP contribution in [0, 0.1) is 12.7 Å². The highest BCUT2D eigenvalue weighted by Crippen LogP contribution is 2.14. The van der Waals surface area contributed by atoms with Crippen molar-refractivity contribution < 1.29 is 23.5 Å². The highest BCUT2D eigenvalue weighted by Gasteiger charge is 2.20. The van der Waals surface area contributed by atoms with Gasteiger partial charge in [0.2, 0.25) is 0 Å². The number of esters is 1. The van der Waals surface area contributed by atoms with Gasteiger partial charge in [-0.1, -0.05) is 6.07 Å². The summed E-state index contributed by atoms with van der Waals surface area (Å²) in [5.74, 6) is -1.91. The van der Waals surface area contributed by atoms with E-state index < -0.39 is 17.7 Å². The van der Waals surface area contributed by atoms with Crippen LogP contribution in [0.3, 0.4) is 0 Å². The SMILES string of the molecule is CCOCCCn1c(=NC(=O)c2ccc(F)cc2)c(C(=O)OCC)cc2c(=O)n3cccc(C)c3nc21. The molecule has 1 aromatic carbocycles. The van der Waals surface area contributed by atoms with Crippen molar-refractivity contribution in [2.75, 3.05) is 19.8 Å². The van der Waals surface area contributed by atoms with Gasteiger partial charge in [0.05, 0.1) is 12.0 Å². The third kappa shape index (κ3) is 5.34. The molecule has 1 amide bonds. The maximum absolute atomic E-state index is 13.5. The van der Waals surface area contributed by atoms with Crippen molar-refractivity contribution >= 4 is 28.6 Å². The standard InChI is InChI=1S/C27H27FN4O5/c1-4-36-15-7-14-31-23-20(26(34)32-13-6-8-17(3)22(32)29-23)16-21(27(35)37-5-2)24(31)30-25(33)18-9-11-19(28)12-10-18/h6,8-13,16H,4-5,7,14-15H2,1-3H3. The zero-order valence-corrected chi connectivity index (χ0v) is 20.9. The third-order valence-electron chi connectivity index (χ3n) is 5.77. The smallest absolute Gasteiger partial charge is 0.341 e. The second-order valence-electron chi connectivity index (χ2n) is 8.27. The molecule has 0 saturated heterocycles. The van der Waals surface area contributed by atoms with E-state index in [9.17, 15) is 18.8 Å². The quantitative estimate of drug-likeness (QED) is 0.206. The molecule has 10 heteroatoms. The van der Waals surface area contributed by atoms with E-state index in [1.807, 2.05) is 19.9 Å². The van der Waals surface area contributed by atoms with Crippen molar-refractivity contribution in [1.82, 2.24) is 14.0 Å². The van der Waals surface area contributed by atoms with Gasteiger partial charge in [-0.3, -0.25) is 14.0 Å². The van der Waals surface area contributed by atoms with Crippen LogP contribution in [0.1, 0.15) is 46.5 Å². The summed E-state index contributed by atoms with van der Waals surface area (Å²) in [4.78, 5) is 48.6. The lowest BCUT2D eigenvalue weighted by Crippen LogP contribution is -2.33. The van der Waals surface area contributed by atoms with Crippen LogP contribution >= 0.6 is 0 Å². The van der Waals surface area contributed by atoms with E-state index in [1.54, 1.807) is 23.8 Å². The van der Waals surface area contributed by atoms with E-state index in [-0.39, 0.29) is 46.4 Å². The Morgan fingerprint density at radius 3 is 2.54 bits per heavy atom. The largest absolute Gasteiger partial charge is 0.462 e. The van der Waals surface area contributed by atoms with E-state index in [4.69, 9.17) is 14.5 Å². The molecule has 37 heavy (non-hydrogen) atoms. The Morgan fingerprint density at radius 1 is 1.08 bits per heavy atom. The molecular formula is C27H27FN4O5. The van der Waals surface area contributed by atoms with Gasteiger partial charge < -0.3 is 14.0 Å². The number of amides is 1. The molecule has 4 aromatic rings. The van der Waals surface area contributed by atoms with Gasteiger partial charge in [-0.05, 0) is 69.2 Å². The zero-order valence-electron chi connectivity index (χ0n) is 20.9. The highest BCUT2D eigenvalue weighted by atomic mass is 19.1. The van der Waals surface area contributed by atoms with Crippen LogP contribution in [0.15, 0.2) is 58.4 Å². The predicted molar refractivity (Wildman–Crippen MR) is 135 cm³/mol. The van der Waals surface area contributed by atoms with E-state index in [0.717, 1.165) is 17.7 Å². The summed E-state index contributed by atoms with van der Waals surface area (Å²) in [6.45, 7) is 6.65. The maximum Gasteiger partial charge on any atom is 0.341 e. The summed E-state index contributed by atoms with van der Waals surface area (Å²) in [5.41, 5.74) is 1.21.